The van der Waals surface area contributed by atoms with Gasteiger partial charge in [-0.05, 0) is 24.3 Å². The molecule has 0 atom stereocenters. The Morgan fingerprint density at radius 1 is 1.05 bits per heavy atom. The largest absolute Gasteiger partial charge is 0.399 e. The standard InChI is InChI=1S/C8H12N2.C5H9N3.C2H6/c1-10(2)8-5-3-7(9)4-6-8;1-7-3-4-8(2)5(7)6;1-2/h3-6H,9H2,1-2H3;3-4,6H,1-2H3;1-2H3/p+1. The average molecular weight is 278 g/mol. The van der Waals surface area contributed by atoms with Crippen LogP contribution >= 0.6 is 0 Å². The molecule has 0 bridgehead atoms. The van der Waals surface area contributed by atoms with Crippen molar-refractivity contribution in [2.75, 3.05) is 30.5 Å². The summed E-state index contributed by atoms with van der Waals surface area (Å²) in [5.74, 6) is 0.769. The molecule has 0 spiro atoms. The Morgan fingerprint density at radius 3 is 1.80 bits per heavy atom. The van der Waals surface area contributed by atoms with E-state index in [4.69, 9.17) is 11.5 Å². The van der Waals surface area contributed by atoms with Gasteiger partial charge in [-0.15, -0.1) is 0 Å². The third kappa shape index (κ3) is 5.65. The molecule has 0 saturated carbocycles. The van der Waals surface area contributed by atoms with Crippen molar-refractivity contribution in [1.82, 2.24) is 4.57 Å². The topological polar surface area (TPSA) is 64.1 Å². The molecule has 0 aliphatic rings. The van der Waals surface area contributed by atoms with Crippen LogP contribution in [0.5, 0.6) is 0 Å². The minimum atomic E-state index is 0.769. The predicted octanol–water partition coefficient (Wildman–Crippen LogP) is 1.79. The zero-order chi connectivity index (χ0) is 15.7. The monoisotopic (exact) mass is 278 g/mol. The number of nitrogens with zero attached hydrogens (tertiary/aromatic N) is 3. The fraction of sp³-hybridized carbons (Fsp3) is 0.400. The van der Waals surface area contributed by atoms with E-state index in [0.717, 1.165) is 11.6 Å². The molecule has 1 aromatic carbocycles. The highest BCUT2D eigenvalue weighted by Crippen LogP contribution is 2.12. The van der Waals surface area contributed by atoms with Gasteiger partial charge in [-0.2, -0.15) is 0 Å². The lowest BCUT2D eigenvalue weighted by molar-refractivity contribution is -0.655. The maximum absolute atomic E-state index is 5.53. The Labute approximate surface area is 122 Å². The van der Waals surface area contributed by atoms with E-state index in [1.165, 1.54) is 5.69 Å². The zero-order valence-electron chi connectivity index (χ0n) is 13.5. The fourth-order valence-corrected chi connectivity index (χ4v) is 1.37. The van der Waals surface area contributed by atoms with E-state index < -0.39 is 0 Å². The van der Waals surface area contributed by atoms with Gasteiger partial charge in [0.25, 0.3) is 0 Å². The maximum atomic E-state index is 5.53. The summed E-state index contributed by atoms with van der Waals surface area (Å²) in [6.45, 7) is 4.00. The fourth-order valence-electron chi connectivity index (χ4n) is 1.37. The summed E-state index contributed by atoms with van der Waals surface area (Å²) < 4.78 is 3.72. The molecule has 20 heavy (non-hydrogen) atoms. The van der Waals surface area contributed by atoms with Gasteiger partial charge in [0.1, 0.15) is 0 Å². The summed E-state index contributed by atoms with van der Waals surface area (Å²) in [5, 5.41) is 0. The number of nitrogen functional groups attached to an aromatic ring is 2. The molecule has 112 valence electrons. The summed E-state index contributed by atoms with van der Waals surface area (Å²) in [4.78, 5) is 2.04. The Morgan fingerprint density at radius 2 is 1.55 bits per heavy atom. The molecule has 4 N–H and O–H groups in total. The van der Waals surface area contributed by atoms with Crippen LogP contribution in [0.25, 0.3) is 0 Å². The summed E-state index contributed by atoms with van der Waals surface area (Å²) in [6.07, 6.45) is 3.82. The van der Waals surface area contributed by atoms with Crippen molar-refractivity contribution in [2.24, 2.45) is 14.1 Å². The lowest BCUT2D eigenvalue weighted by Crippen LogP contribution is -2.29. The van der Waals surface area contributed by atoms with Gasteiger partial charge < -0.3 is 10.6 Å². The van der Waals surface area contributed by atoms with Crippen molar-refractivity contribution in [3.63, 3.8) is 0 Å². The first kappa shape index (κ1) is 17.8. The number of imidazole rings is 1. The van der Waals surface area contributed by atoms with Crippen LogP contribution in [0.3, 0.4) is 0 Å². The molecular weight excluding hydrogens is 250 g/mol. The normalized spacial score (nSPS) is 8.90. The van der Waals surface area contributed by atoms with Crippen LogP contribution < -0.4 is 20.9 Å². The molecule has 2 aromatic rings. The van der Waals surface area contributed by atoms with Gasteiger partial charge in [0, 0.05) is 25.5 Å². The van der Waals surface area contributed by atoms with Crippen LogP contribution in [0.15, 0.2) is 36.7 Å². The van der Waals surface area contributed by atoms with Gasteiger partial charge in [0.05, 0.1) is 26.5 Å². The maximum Gasteiger partial charge on any atom is 0.354 e. The molecule has 0 saturated heterocycles. The Hall–Kier alpha value is -2.17. The van der Waals surface area contributed by atoms with E-state index >= 15 is 0 Å². The number of rotatable bonds is 1. The highest BCUT2D eigenvalue weighted by Gasteiger charge is 2.00. The van der Waals surface area contributed by atoms with E-state index in [1.54, 1.807) is 0 Å². The summed E-state index contributed by atoms with van der Waals surface area (Å²) in [6, 6.07) is 7.79. The molecule has 0 unspecified atom stereocenters. The molecule has 5 heteroatoms. The molecular formula is C15H28N5+. The molecule has 1 aromatic heterocycles. The van der Waals surface area contributed by atoms with Gasteiger partial charge >= 0.3 is 5.95 Å². The molecule has 0 aliphatic carbocycles. The van der Waals surface area contributed by atoms with E-state index in [1.807, 2.05) is 92.7 Å². The summed E-state index contributed by atoms with van der Waals surface area (Å²) >= 11 is 0. The first-order valence-electron chi connectivity index (χ1n) is 6.71. The molecule has 0 fully saturated rings. The van der Waals surface area contributed by atoms with Crippen molar-refractivity contribution in [3.05, 3.63) is 36.7 Å². The van der Waals surface area contributed by atoms with Crippen LogP contribution in [0.1, 0.15) is 13.8 Å². The van der Waals surface area contributed by atoms with Crippen molar-refractivity contribution in [2.45, 2.75) is 13.8 Å². The number of anilines is 3. The molecule has 0 amide bonds. The predicted molar refractivity (Wildman–Crippen MR) is 87.5 cm³/mol. The minimum absolute atomic E-state index is 0.769. The lowest BCUT2D eigenvalue weighted by Gasteiger charge is -2.11. The van der Waals surface area contributed by atoms with E-state index in [2.05, 4.69) is 0 Å². The van der Waals surface area contributed by atoms with Gasteiger partial charge in [-0.1, -0.05) is 13.8 Å². The second kappa shape index (κ2) is 8.85. The van der Waals surface area contributed by atoms with Crippen molar-refractivity contribution < 1.29 is 4.57 Å². The molecule has 0 radical (unpaired) electrons. The van der Waals surface area contributed by atoms with Crippen molar-refractivity contribution in [3.8, 4) is 0 Å². The smallest absolute Gasteiger partial charge is 0.354 e. The number of aryl methyl sites for hydroxylation is 2. The van der Waals surface area contributed by atoms with Crippen LogP contribution in [-0.2, 0) is 14.1 Å². The minimum Gasteiger partial charge on any atom is -0.399 e. The highest BCUT2D eigenvalue weighted by atomic mass is 15.2. The quantitative estimate of drug-likeness (QED) is 0.617. The lowest BCUT2D eigenvalue weighted by atomic mass is 10.3. The van der Waals surface area contributed by atoms with Gasteiger partial charge in [0.15, 0.2) is 0 Å². The highest BCUT2D eigenvalue weighted by molar-refractivity contribution is 5.51. The third-order valence-corrected chi connectivity index (χ3v) is 2.65. The van der Waals surface area contributed by atoms with Crippen LogP contribution in [0.2, 0.25) is 0 Å². The second-order valence-electron chi connectivity index (χ2n) is 4.36. The number of nitrogens with two attached hydrogens (primary N) is 2. The van der Waals surface area contributed by atoms with Crippen molar-refractivity contribution >= 4 is 17.3 Å². The van der Waals surface area contributed by atoms with Crippen LogP contribution in [0.4, 0.5) is 17.3 Å². The average Bonchev–Trinajstić information content (AvgIpc) is 2.73. The Bertz CT molecular complexity index is 466. The van der Waals surface area contributed by atoms with E-state index in [-0.39, 0.29) is 0 Å². The Balaban J connectivity index is 0.000000327. The van der Waals surface area contributed by atoms with Gasteiger partial charge in [-0.25, -0.2) is 9.13 Å². The number of benzene rings is 1. The Kier molecular flexibility index (Phi) is 7.89. The number of hydrogen-bond acceptors (Lipinski definition) is 3. The second-order valence-corrected chi connectivity index (χ2v) is 4.36. The molecule has 5 nitrogen and oxygen atoms in total. The first-order valence-corrected chi connectivity index (χ1v) is 6.71. The third-order valence-electron chi connectivity index (χ3n) is 2.65. The molecule has 2 rings (SSSR count). The summed E-state index contributed by atoms with van der Waals surface area (Å²) in [5.41, 5.74) is 13.0. The van der Waals surface area contributed by atoms with Gasteiger partial charge in [-0.3, -0.25) is 5.73 Å². The zero-order valence-corrected chi connectivity index (χ0v) is 13.5. The van der Waals surface area contributed by atoms with E-state index in [9.17, 15) is 0 Å². The van der Waals surface area contributed by atoms with Gasteiger partial charge in [0.2, 0.25) is 0 Å². The van der Waals surface area contributed by atoms with Crippen LogP contribution in [-0.4, -0.2) is 18.7 Å². The first-order chi connectivity index (χ1) is 9.41. The van der Waals surface area contributed by atoms with Crippen LogP contribution in [0, 0.1) is 0 Å². The molecule has 0 aliphatic heterocycles. The summed E-state index contributed by atoms with van der Waals surface area (Å²) in [7, 11) is 7.84. The van der Waals surface area contributed by atoms with Crippen molar-refractivity contribution in [1.29, 1.82) is 0 Å². The number of hydrogen-bond donors (Lipinski definition) is 2. The SMILES string of the molecule is CC.CN(C)c1ccc(N)cc1.Cn1cc[n+](C)c1N. The number of aromatic nitrogens is 2. The molecule has 1 heterocycles. The van der Waals surface area contributed by atoms with E-state index in [0.29, 0.717) is 0 Å².